The highest BCUT2D eigenvalue weighted by molar-refractivity contribution is 5.95. The zero-order chi connectivity index (χ0) is 27.7. The summed E-state index contributed by atoms with van der Waals surface area (Å²) in [6, 6.07) is 7.21. The van der Waals surface area contributed by atoms with Gasteiger partial charge in [0.05, 0.1) is 11.5 Å². The van der Waals surface area contributed by atoms with E-state index in [0.29, 0.717) is 12.8 Å². The van der Waals surface area contributed by atoms with Gasteiger partial charge in [0.15, 0.2) is 5.82 Å². The smallest absolute Gasteiger partial charge is 0.412 e. The number of carbonyl (C=O) groups is 3. The molecule has 12 heteroatoms. The van der Waals surface area contributed by atoms with Gasteiger partial charge in [-0.05, 0) is 42.4 Å². The van der Waals surface area contributed by atoms with Crippen molar-refractivity contribution in [2.75, 3.05) is 6.54 Å². The minimum absolute atomic E-state index is 0.0818. The summed E-state index contributed by atoms with van der Waals surface area (Å²) in [7, 11) is 0. The number of nitrogens with one attached hydrogen (secondary N) is 3. The van der Waals surface area contributed by atoms with Crippen LogP contribution >= 0.6 is 0 Å². The number of benzene rings is 1. The molecule has 1 unspecified atom stereocenters. The molecule has 1 atom stereocenters. The Bertz CT molecular complexity index is 1390. The molecule has 1 heterocycles. The second kappa shape index (κ2) is 10.3. The number of carbonyl (C=O) groups excluding carboxylic acids is 2. The Labute approximate surface area is 214 Å². The van der Waals surface area contributed by atoms with Gasteiger partial charge in [-0.25, -0.2) is 4.98 Å². The molecule has 1 saturated carbocycles. The van der Waals surface area contributed by atoms with Crippen molar-refractivity contribution in [3.8, 4) is 0 Å². The molecule has 0 bridgehead atoms. The number of H-pyrrole nitrogens is 1. The van der Waals surface area contributed by atoms with E-state index < -0.39 is 46.5 Å². The van der Waals surface area contributed by atoms with Crippen molar-refractivity contribution in [2.24, 2.45) is 5.92 Å². The van der Waals surface area contributed by atoms with Crippen LogP contribution in [0.4, 0.5) is 13.2 Å². The standard InChI is InChI=1S/C26H25F3N4O5/c1-14(24(37)38)12-31-23(36)20-30-13-19(21(34)32-20)22(35)33-25(10-11-25)17-6-2-15(3-7-17)16-4-8-18(9-5-16)26(27,28)29/h2-4,6-8,13-14H,5,9-12H2,1H3,(H,31,36)(H,33,35)(H,37,38)(H,30,32,34). The van der Waals surface area contributed by atoms with E-state index in [-0.39, 0.29) is 30.8 Å². The molecule has 9 nitrogen and oxygen atoms in total. The number of alkyl halides is 3. The van der Waals surface area contributed by atoms with E-state index in [2.05, 4.69) is 20.6 Å². The first kappa shape index (κ1) is 26.8. The maximum Gasteiger partial charge on any atom is 0.412 e. The highest BCUT2D eigenvalue weighted by Gasteiger charge is 2.46. The van der Waals surface area contributed by atoms with Gasteiger partial charge in [0.1, 0.15) is 5.56 Å². The molecule has 1 fully saturated rings. The minimum Gasteiger partial charge on any atom is -0.481 e. The van der Waals surface area contributed by atoms with E-state index >= 15 is 0 Å². The third-order valence-corrected chi connectivity index (χ3v) is 6.67. The number of hydrogen-bond donors (Lipinski definition) is 4. The monoisotopic (exact) mass is 530 g/mol. The summed E-state index contributed by atoms with van der Waals surface area (Å²) < 4.78 is 38.6. The van der Waals surface area contributed by atoms with Crippen LogP contribution < -0.4 is 16.2 Å². The molecule has 0 spiro atoms. The average molecular weight is 531 g/mol. The first-order valence-electron chi connectivity index (χ1n) is 11.9. The minimum atomic E-state index is -4.33. The molecule has 2 aliphatic rings. The van der Waals surface area contributed by atoms with Crippen LogP contribution in [0.3, 0.4) is 0 Å². The lowest BCUT2D eigenvalue weighted by molar-refractivity contribution is -0.140. The third kappa shape index (κ3) is 5.84. The van der Waals surface area contributed by atoms with E-state index in [9.17, 15) is 32.3 Å². The highest BCUT2D eigenvalue weighted by atomic mass is 19.4. The average Bonchev–Trinajstić information content (AvgIpc) is 3.66. The maximum absolute atomic E-state index is 12.9. The Morgan fingerprint density at radius 2 is 1.79 bits per heavy atom. The molecule has 2 amide bonds. The molecule has 2 aromatic rings. The lowest BCUT2D eigenvalue weighted by Crippen LogP contribution is -2.39. The topological polar surface area (TPSA) is 141 Å². The fraction of sp³-hybridized carbons (Fsp3) is 0.346. The summed E-state index contributed by atoms with van der Waals surface area (Å²) >= 11 is 0. The Morgan fingerprint density at radius 1 is 1.11 bits per heavy atom. The van der Waals surface area contributed by atoms with Crippen molar-refractivity contribution >= 4 is 23.4 Å². The van der Waals surface area contributed by atoms with Gasteiger partial charge in [-0.15, -0.1) is 0 Å². The van der Waals surface area contributed by atoms with Crippen molar-refractivity contribution < 1.29 is 32.7 Å². The molecule has 0 aliphatic heterocycles. The predicted molar refractivity (Wildman–Crippen MR) is 130 cm³/mol. The van der Waals surface area contributed by atoms with Gasteiger partial charge in [-0.2, -0.15) is 13.2 Å². The first-order valence-corrected chi connectivity index (χ1v) is 11.9. The highest BCUT2D eigenvalue weighted by Crippen LogP contribution is 2.46. The number of carboxylic acids is 1. The van der Waals surface area contributed by atoms with Gasteiger partial charge >= 0.3 is 12.1 Å². The Balaban J connectivity index is 1.42. The number of hydrogen-bond acceptors (Lipinski definition) is 5. The number of allylic oxidation sites excluding steroid dienone is 4. The third-order valence-electron chi connectivity index (χ3n) is 6.67. The lowest BCUT2D eigenvalue weighted by Gasteiger charge is -2.20. The van der Waals surface area contributed by atoms with E-state index in [0.717, 1.165) is 29.0 Å². The number of aromatic nitrogens is 2. The summed E-state index contributed by atoms with van der Waals surface area (Å²) in [6.45, 7) is 1.25. The van der Waals surface area contributed by atoms with Crippen LogP contribution in [0.1, 0.15) is 64.7 Å². The van der Waals surface area contributed by atoms with Crippen LogP contribution in [0.2, 0.25) is 0 Å². The van der Waals surface area contributed by atoms with E-state index in [1.807, 2.05) is 0 Å². The molecule has 4 N–H and O–H groups in total. The summed E-state index contributed by atoms with van der Waals surface area (Å²) in [5.41, 5.74) is 0.0284. The van der Waals surface area contributed by atoms with Crippen LogP contribution in [0, 0.1) is 5.92 Å². The largest absolute Gasteiger partial charge is 0.481 e. The molecule has 0 radical (unpaired) electrons. The molecule has 38 heavy (non-hydrogen) atoms. The molecule has 4 rings (SSSR count). The van der Waals surface area contributed by atoms with Crippen LogP contribution in [-0.2, 0) is 10.3 Å². The first-order chi connectivity index (χ1) is 17.9. The SMILES string of the molecule is CC(CNC(=O)c1ncc(C(=O)NC2(c3ccc(C4=CC=C(C(F)(F)F)CC4)cc3)CC2)c(=O)[nH]1)C(=O)O. The van der Waals surface area contributed by atoms with Gasteiger partial charge in [0, 0.05) is 18.3 Å². The van der Waals surface area contributed by atoms with Gasteiger partial charge in [0.2, 0.25) is 0 Å². The van der Waals surface area contributed by atoms with Crippen LogP contribution in [0.15, 0.2) is 53.0 Å². The molecule has 0 saturated heterocycles. The summed E-state index contributed by atoms with van der Waals surface area (Å²) in [5, 5.41) is 14.1. The number of aliphatic carboxylic acids is 1. The van der Waals surface area contributed by atoms with Gasteiger partial charge in [0.25, 0.3) is 17.4 Å². The molecule has 1 aromatic carbocycles. The number of aromatic amines is 1. The maximum atomic E-state index is 12.9. The van der Waals surface area contributed by atoms with Crippen LogP contribution in [0.25, 0.3) is 5.57 Å². The predicted octanol–water partition coefficient (Wildman–Crippen LogP) is 3.31. The van der Waals surface area contributed by atoms with E-state index in [1.165, 1.54) is 13.0 Å². The number of amides is 2. The lowest BCUT2D eigenvalue weighted by atomic mass is 9.91. The van der Waals surface area contributed by atoms with Crippen LogP contribution in [-0.4, -0.2) is 45.6 Å². The van der Waals surface area contributed by atoms with Gasteiger partial charge in [-0.3, -0.25) is 19.2 Å². The fourth-order valence-corrected chi connectivity index (χ4v) is 4.10. The van der Waals surface area contributed by atoms with Crippen molar-refractivity contribution in [1.29, 1.82) is 0 Å². The normalized spacial score (nSPS) is 17.1. The molecule has 2 aliphatic carbocycles. The number of carboxylic acid groups (broad SMARTS) is 1. The quantitative estimate of drug-likeness (QED) is 0.413. The molecular weight excluding hydrogens is 505 g/mol. The van der Waals surface area contributed by atoms with Crippen LogP contribution in [0.5, 0.6) is 0 Å². The van der Waals surface area contributed by atoms with Crippen molar-refractivity contribution in [2.45, 2.75) is 44.3 Å². The molecule has 1 aromatic heterocycles. The Morgan fingerprint density at radius 3 is 2.32 bits per heavy atom. The fourth-order valence-electron chi connectivity index (χ4n) is 4.10. The number of rotatable bonds is 8. The Hall–Kier alpha value is -4.22. The Kier molecular flexibility index (Phi) is 7.25. The molecular formula is C26H25F3N4O5. The van der Waals surface area contributed by atoms with Crippen molar-refractivity contribution in [3.63, 3.8) is 0 Å². The molecule has 200 valence electrons. The zero-order valence-electron chi connectivity index (χ0n) is 20.3. The van der Waals surface area contributed by atoms with E-state index in [1.54, 1.807) is 24.3 Å². The van der Waals surface area contributed by atoms with Gasteiger partial charge in [-0.1, -0.05) is 43.3 Å². The zero-order valence-corrected chi connectivity index (χ0v) is 20.3. The van der Waals surface area contributed by atoms with Crippen molar-refractivity contribution in [1.82, 2.24) is 20.6 Å². The number of halogens is 3. The summed E-state index contributed by atoms with van der Waals surface area (Å²) in [4.78, 5) is 54.4. The second-order valence-corrected chi connectivity index (χ2v) is 9.42. The second-order valence-electron chi connectivity index (χ2n) is 9.42. The van der Waals surface area contributed by atoms with Gasteiger partial charge < -0.3 is 20.7 Å². The van der Waals surface area contributed by atoms with E-state index in [4.69, 9.17) is 5.11 Å². The van der Waals surface area contributed by atoms with Crippen molar-refractivity contribution in [3.05, 3.63) is 81.1 Å². The summed E-state index contributed by atoms with van der Waals surface area (Å²) in [6.07, 6.45) is 0.696. The summed E-state index contributed by atoms with van der Waals surface area (Å²) in [5.74, 6) is -3.73. The number of nitrogens with zero attached hydrogens (tertiary/aromatic N) is 1.